The Bertz CT molecular complexity index is 682. The molecule has 168 valence electrons. The Hall–Kier alpha value is -1.57. The molecule has 2 amide bonds. The molecule has 7 nitrogen and oxygen atoms in total. The Morgan fingerprint density at radius 1 is 1.03 bits per heavy atom. The van der Waals surface area contributed by atoms with Crippen LogP contribution in [0.15, 0.2) is 5.10 Å². The molecule has 0 aromatic rings. The van der Waals surface area contributed by atoms with E-state index in [-0.39, 0.29) is 23.3 Å². The van der Waals surface area contributed by atoms with Crippen molar-refractivity contribution in [3.8, 4) is 0 Å². The van der Waals surface area contributed by atoms with Gasteiger partial charge in [0, 0.05) is 24.3 Å². The Morgan fingerprint density at radius 2 is 1.63 bits per heavy atom. The third-order valence-corrected chi connectivity index (χ3v) is 8.38. The van der Waals surface area contributed by atoms with E-state index >= 15 is 0 Å². The number of ketones is 1. The third kappa shape index (κ3) is 5.56. The van der Waals surface area contributed by atoms with Crippen molar-refractivity contribution in [1.29, 1.82) is 0 Å². The largest absolute Gasteiger partial charge is 0.347 e. The first-order valence-electron chi connectivity index (χ1n) is 11.4. The zero-order valence-corrected chi connectivity index (χ0v) is 19.4. The lowest BCUT2D eigenvalue weighted by Crippen LogP contribution is -2.52. The summed E-state index contributed by atoms with van der Waals surface area (Å²) in [6.45, 7) is 4.21. The normalized spacial score (nSPS) is 25.2. The smallest absolute Gasteiger partial charge is 0.309 e. The van der Waals surface area contributed by atoms with Crippen molar-refractivity contribution in [3.05, 3.63) is 0 Å². The van der Waals surface area contributed by atoms with Crippen molar-refractivity contribution in [2.75, 3.05) is 12.8 Å². The highest BCUT2D eigenvalue weighted by Gasteiger charge is 2.37. The van der Waals surface area contributed by atoms with Gasteiger partial charge in [-0.25, -0.2) is 5.43 Å². The lowest BCUT2D eigenvalue weighted by molar-refractivity contribution is -0.141. The van der Waals surface area contributed by atoms with E-state index < -0.39 is 17.7 Å². The van der Waals surface area contributed by atoms with E-state index in [1.54, 1.807) is 11.8 Å². The molecule has 2 aliphatic carbocycles. The number of carbonyl (C=O) groups excluding carboxylic acids is 3. The van der Waals surface area contributed by atoms with Crippen molar-refractivity contribution < 1.29 is 14.4 Å². The van der Waals surface area contributed by atoms with Crippen LogP contribution in [0.2, 0.25) is 0 Å². The summed E-state index contributed by atoms with van der Waals surface area (Å²) in [5.74, 6) is -0.508. The summed E-state index contributed by atoms with van der Waals surface area (Å²) in [7, 11) is 1.93. The highest BCUT2D eigenvalue weighted by molar-refractivity contribution is 8.14. The van der Waals surface area contributed by atoms with E-state index in [9.17, 15) is 14.4 Å². The number of amidine groups is 1. The lowest BCUT2D eigenvalue weighted by Gasteiger charge is -2.31. The minimum Gasteiger partial charge on any atom is -0.347 e. The maximum absolute atomic E-state index is 13.1. The highest BCUT2D eigenvalue weighted by Crippen LogP contribution is 2.31. The number of nitrogens with zero attached hydrogens (tertiary/aromatic N) is 2. The standard InChI is InChI=1S/C22H36N4O3S/c1-22(2)14-30-21(26(22)3)25-24-20(29)18(27)17(15-10-6-4-7-11-15)23-19(28)16-12-8-5-9-13-16/h15-17H,4-14H2,1-3H3,(H,23,28)(H,24,29). The molecule has 0 radical (unpaired) electrons. The fourth-order valence-corrected chi connectivity index (χ4v) is 5.82. The molecule has 0 aromatic heterocycles. The van der Waals surface area contributed by atoms with Crippen LogP contribution in [0.1, 0.15) is 78.1 Å². The van der Waals surface area contributed by atoms with Crippen LogP contribution in [0.3, 0.4) is 0 Å². The SMILES string of the molecule is CN1C(=NNC(=O)C(=O)C(NC(=O)C2CCCCC2)C2CCCCC2)SCC1(C)C. The van der Waals surface area contributed by atoms with Crippen LogP contribution < -0.4 is 10.7 Å². The predicted molar refractivity (Wildman–Crippen MR) is 120 cm³/mol. The molecule has 0 spiro atoms. The molecule has 0 bridgehead atoms. The Labute approximate surface area is 184 Å². The quantitative estimate of drug-likeness (QED) is 0.493. The van der Waals surface area contributed by atoms with Crippen molar-refractivity contribution in [2.24, 2.45) is 16.9 Å². The zero-order valence-electron chi connectivity index (χ0n) is 18.5. The summed E-state index contributed by atoms with van der Waals surface area (Å²) in [5, 5.41) is 7.86. The average Bonchev–Trinajstić information content (AvgIpc) is 3.03. The minimum atomic E-state index is -0.745. The monoisotopic (exact) mass is 436 g/mol. The topological polar surface area (TPSA) is 90.9 Å². The number of carbonyl (C=O) groups is 3. The van der Waals surface area contributed by atoms with Gasteiger partial charge >= 0.3 is 5.91 Å². The average molecular weight is 437 g/mol. The highest BCUT2D eigenvalue weighted by atomic mass is 32.2. The van der Waals surface area contributed by atoms with E-state index in [2.05, 4.69) is 29.7 Å². The molecule has 2 N–H and O–H groups in total. The maximum atomic E-state index is 13.1. The summed E-state index contributed by atoms with van der Waals surface area (Å²) in [5.41, 5.74) is 2.41. The predicted octanol–water partition coefficient (Wildman–Crippen LogP) is 3.05. The number of hydrazone groups is 1. The van der Waals surface area contributed by atoms with E-state index in [0.717, 1.165) is 63.5 Å². The number of rotatable bonds is 6. The van der Waals surface area contributed by atoms with Gasteiger partial charge in [0.25, 0.3) is 0 Å². The van der Waals surface area contributed by atoms with Crippen molar-refractivity contribution in [3.63, 3.8) is 0 Å². The molecular weight excluding hydrogens is 400 g/mol. The van der Waals surface area contributed by atoms with Crippen LogP contribution in [0.4, 0.5) is 0 Å². The number of amides is 2. The molecule has 30 heavy (non-hydrogen) atoms. The molecule has 1 heterocycles. The molecular formula is C22H36N4O3S. The number of Topliss-reactive ketones (excluding diaryl/α,β-unsaturated/α-hetero) is 1. The van der Waals surface area contributed by atoms with Gasteiger partial charge < -0.3 is 10.2 Å². The van der Waals surface area contributed by atoms with Gasteiger partial charge in [0.1, 0.15) is 6.04 Å². The summed E-state index contributed by atoms with van der Waals surface area (Å²) in [6.07, 6.45) is 9.98. The Balaban J connectivity index is 1.66. The maximum Gasteiger partial charge on any atom is 0.309 e. The fourth-order valence-electron chi connectivity index (χ4n) is 4.60. The van der Waals surface area contributed by atoms with Gasteiger partial charge in [-0.05, 0) is 45.4 Å². The summed E-state index contributed by atoms with van der Waals surface area (Å²) in [6, 6.07) is -0.745. The van der Waals surface area contributed by atoms with Crippen molar-refractivity contribution in [1.82, 2.24) is 15.6 Å². The summed E-state index contributed by atoms with van der Waals surface area (Å²) < 4.78 is 0. The minimum absolute atomic E-state index is 0.0275. The van der Waals surface area contributed by atoms with Crippen LogP contribution in [0.5, 0.6) is 0 Å². The Kier molecular flexibility index (Phi) is 7.82. The van der Waals surface area contributed by atoms with Gasteiger partial charge in [-0.2, -0.15) is 0 Å². The first-order valence-corrected chi connectivity index (χ1v) is 12.4. The molecule has 1 unspecified atom stereocenters. The second kappa shape index (κ2) is 10.2. The first kappa shape index (κ1) is 23.1. The van der Waals surface area contributed by atoms with Crippen LogP contribution in [-0.4, -0.2) is 52.0 Å². The fraction of sp³-hybridized carbons (Fsp3) is 0.818. The second-order valence-corrected chi connectivity index (χ2v) is 10.5. The third-order valence-electron chi connectivity index (χ3n) is 6.90. The summed E-state index contributed by atoms with van der Waals surface area (Å²) in [4.78, 5) is 40.6. The van der Waals surface area contributed by atoms with Gasteiger partial charge in [0.2, 0.25) is 11.7 Å². The molecule has 1 saturated heterocycles. The molecule has 0 aromatic carbocycles. The summed E-state index contributed by atoms with van der Waals surface area (Å²) >= 11 is 1.56. The van der Waals surface area contributed by atoms with E-state index in [1.807, 2.05) is 11.9 Å². The lowest BCUT2D eigenvalue weighted by atomic mass is 9.81. The molecule has 3 aliphatic rings. The number of hydrogen-bond donors (Lipinski definition) is 2. The van der Waals surface area contributed by atoms with Gasteiger partial charge in [-0.1, -0.05) is 50.3 Å². The second-order valence-electron chi connectivity index (χ2n) is 9.58. The molecule has 3 fully saturated rings. The molecule has 2 saturated carbocycles. The van der Waals surface area contributed by atoms with E-state index in [4.69, 9.17) is 0 Å². The molecule has 1 aliphatic heterocycles. The molecule has 3 rings (SSSR count). The molecule has 8 heteroatoms. The van der Waals surface area contributed by atoms with Crippen LogP contribution in [0, 0.1) is 11.8 Å². The van der Waals surface area contributed by atoms with Crippen LogP contribution >= 0.6 is 11.8 Å². The van der Waals surface area contributed by atoms with Gasteiger partial charge in [-0.3, -0.25) is 14.4 Å². The van der Waals surface area contributed by atoms with Gasteiger partial charge in [0.05, 0.1) is 0 Å². The first-order chi connectivity index (χ1) is 14.3. The number of thioether (sulfide) groups is 1. The van der Waals surface area contributed by atoms with E-state index in [1.165, 1.54) is 6.42 Å². The van der Waals surface area contributed by atoms with E-state index in [0.29, 0.717) is 5.17 Å². The van der Waals surface area contributed by atoms with Gasteiger partial charge in [0.15, 0.2) is 5.17 Å². The zero-order chi connectivity index (χ0) is 21.7. The van der Waals surface area contributed by atoms with Crippen molar-refractivity contribution in [2.45, 2.75) is 89.6 Å². The van der Waals surface area contributed by atoms with Crippen LogP contribution in [-0.2, 0) is 14.4 Å². The Morgan fingerprint density at radius 3 is 2.20 bits per heavy atom. The molecule has 1 atom stereocenters. The van der Waals surface area contributed by atoms with Crippen LogP contribution in [0.25, 0.3) is 0 Å². The van der Waals surface area contributed by atoms with Gasteiger partial charge in [-0.15, -0.1) is 5.10 Å². The van der Waals surface area contributed by atoms with Crippen molar-refractivity contribution >= 4 is 34.5 Å². The number of hydrogen-bond acceptors (Lipinski definition) is 5. The number of nitrogens with one attached hydrogen (secondary N) is 2.